The van der Waals surface area contributed by atoms with Gasteiger partial charge in [0.1, 0.15) is 5.69 Å². The molecule has 0 aliphatic heterocycles. The third-order valence-electron chi connectivity index (χ3n) is 2.42. The van der Waals surface area contributed by atoms with Crippen LogP contribution in [0.3, 0.4) is 0 Å². The first-order valence-corrected chi connectivity index (χ1v) is 6.14. The van der Waals surface area contributed by atoms with Gasteiger partial charge in [0.05, 0.1) is 5.56 Å². The Kier molecular flexibility index (Phi) is 2.90. The molecule has 0 spiro atoms. The van der Waals surface area contributed by atoms with Crippen molar-refractivity contribution in [3.8, 4) is 23.0 Å². The zero-order valence-corrected chi connectivity index (χ0v) is 10.8. The minimum Gasteiger partial charge on any atom is -0.334 e. The molecule has 0 saturated carbocycles. The lowest BCUT2D eigenvalue weighted by Crippen LogP contribution is -1.84. The van der Waals surface area contributed by atoms with Crippen LogP contribution in [0.5, 0.6) is 0 Å². The lowest BCUT2D eigenvalue weighted by molar-refractivity contribution is 0.432. The standard InChI is InChI=1S/C13H8BrN3O/c14-10-6-2-1-5-9(10)13-16-12(17-18-13)11-7-3-4-8-15-11/h1-8H. The molecule has 0 aliphatic carbocycles. The lowest BCUT2D eigenvalue weighted by atomic mass is 10.2. The predicted molar refractivity (Wildman–Crippen MR) is 70.7 cm³/mol. The Labute approximate surface area is 112 Å². The number of rotatable bonds is 2. The summed E-state index contributed by atoms with van der Waals surface area (Å²) in [6, 6.07) is 13.3. The minimum atomic E-state index is 0.475. The Morgan fingerprint density at radius 2 is 1.83 bits per heavy atom. The highest BCUT2D eigenvalue weighted by atomic mass is 79.9. The first-order chi connectivity index (χ1) is 8.84. The number of pyridine rings is 1. The van der Waals surface area contributed by atoms with Gasteiger partial charge >= 0.3 is 0 Å². The number of benzene rings is 1. The van der Waals surface area contributed by atoms with Crippen molar-refractivity contribution >= 4 is 15.9 Å². The van der Waals surface area contributed by atoms with Crippen molar-refractivity contribution in [3.63, 3.8) is 0 Å². The Morgan fingerprint density at radius 1 is 1.00 bits per heavy atom. The molecule has 5 heteroatoms. The summed E-state index contributed by atoms with van der Waals surface area (Å²) in [7, 11) is 0. The fourth-order valence-corrected chi connectivity index (χ4v) is 2.02. The van der Waals surface area contributed by atoms with E-state index in [1.54, 1.807) is 6.20 Å². The van der Waals surface area contributed by atoms with Crippen LogP contribution in [-0.4, -0.2) is 15.1 Å². The maximum absolute atomic E-state index is 5.25. The van der Waals surface area contributed by atoms with Crippen molar-refractivity contribution in [2.24, 2.45) is 0 Å². The highest BCUT2D eigenvalue weighted by molar-refractivity contribution is 9.10. The summed E-state index contributed by atoms with van der Waals surface area (Å²) in [4.78, 5) is 8.52. The first-order valence-electron chi connectivity index (χ1n) is 5.34. The molecule has 0 radical (unpaired) electrons. The van der Waals surface area contributed by atoms with E-state index < -0.39 is 0 Å². The van der Waals surface area contributed by atoms with Gasteiger partial charge in [-0.2, -0.15) is 4.98 Å². The van der Waals surface area contributed by atoms with Gasteiger partial charge in [-0.05, 0) is 40.2 Å². The van der Waals surface area contributed by atoms with Crippen LogP contribution in [0.4, 0.5) is 0 Å². The van der Waals surface area contributed by atoms with Gasteiger partial charge in [-0.3, -0.25) is 4.98 Å². The minimum absolute atomic E-state index is 0.475. The van der Waals surface area contributed by atoms with Gasteiger partial charge in [0.25, 0.3) is 5.89 Å². The third-order valence-corrected chi connectivity index (χ3v) is 3.12. The van der Waals surface area contributed by atoms with E-state index in [9.17, 15) is 0 Å². The molecule has 0 amide bonds. The van der Waals surface area contributed by atoms with Crippen LogP contribution in [0.25, 0.3) is 23.0 Å². The molecule has 0 atom stereocenters. The molecule has 0 aliphatic rings. The van der Waals surface area contributed by atoms with Crippen LogP contribution >= 0.6 is 15.9 Å². The largest absolute Gasteiger partial charge is 0.334 e. The second-order valence-electron chi connectivity index (χ2n) is 3.62. The molecule has 0 fully saturated rings. The van der Waals surface area contributed by atoms with Crippen LogP contribution in [0.1, 0.15) is 0 Å². The van der Waals surface area contributed by atoms with E-state index in [-0.39, 0.29) is 0 Å². The maximum atomic E-state index is 5.25. The summed E-state index contributed by atoms with van der Waals surface area (Å²) >= 11 is 3.46. The normalized spacial score (nSPS) is 10.5. The van der Waals surface area contributed by atoms with Crippen LogP contribution in [0.2, 0.25) is 0 Å². The third kappa shape index (κ3) is 2.04. The molecule has 2 heterocycles. The van der Waals surface area contributed by atoms with E-state index in [0.717, 1.165) is 10.0 Å². The fraction of sp³-hybridized carbons (Fsp3) is 0. The van der Waals surface area contributed by atoms with E-state index >= 15 is 0 Å². The van der Waals surface area contributed by atoms with Gasteiger partial charge in [0, 0.05) is 10.7 Å². The van der Waals surface area contributed by atoms with Gasteiger partial charge < -0.3 is 4.52 Å². The molecule has 0 bridgehead atoms. The SMILES string of the molecule is Brc1ccccc1-c1nc(-c2ccccn2)no1. The zero-order valence-electron chi connectivity index (χ0n) is 9.25. The van der Waals surface area contributed by atoms with Gasteiger partial charge in [-0.25, -0.2) is 0 Å². The van der Waals surface area contributed by atoms with E-state index in [1.807, 2.05) is 42.5 Å². The summed E-state index contributed by atoms with van der Waals surface area (Å²) < 4.78 is 6.17. The number of hydrogen-bond acceptors (Lipinski definition) is 4. The number of halogens is 1. The second-order valence-corrected chi connectivity index (χ2v) is 4.47. The summed E-state index contributed by atoms with van der Waals surface area (Å²) in [5, 5.41) is 3.93. The van der Waals surface area contributed by atoms with Gasteiger partial charge in [0.2, 0.25) is 5.82 Å². The van der Waals surface area contributed by atoms with Crippen molar-refractivity contribution in [2.75, 3.05) is 0 Å². The average molecular weight is 302 g/mol. The number of hydrogen-bond donors (Lipinski definition) is 0. The Bertz CT molecular complexity index is 667. The monoisotopic (exact) mass is 301 g/mol. The Hall–Kier alpha value is -2.01. The maximum Gasteiger partial charge on any atom is 0.259 e. The zero-order chi connectivity index (χ0) is 12.4. The van der Waals surface area contributed by atoms with Crippen LogP contribution < -0.4 is 0 Å². The first kappa shape index (κ1) is 11.1. The highest BCUT2D eigenvalue weighted by Crippen LogP contribution is 2.27. The molecule has 18 heavy (non-hydrogen) atoms. The molecule has 2 aromatic heterocycles. The van der Waals surface area contributed by atoms with Gasteiger partial charge in [0.15, 0.2) is 0 Å². The van der Waals surface area contributed by atoms with Crippen LogP contribution in [-0.2, 0) is 0 Å². The smallest absolute Gasteiger partial charge is 0.259 e. The molecule has 0 unspecified atom stereocenters. The molecule has 88 valence electrons. The molecule has 3 rings (SSSR count). The van der Waals surface area contributed by atoms with Crippen molar-refractivity contribution in [2.45, 2.75) is 0 Å². The molecule has 4 nitrogen and oxygen atoms in total. The number of aromatic nitrogens is 3. The van der Waals surface area contributed by atoms with Crippen molar-refractivity contribution in [1.29, 1.82) is 0 Å². The predicted octanol–water partition coefficient (Wildman–Crippen LogP) is 3.56. The van der Waals surface area contributed by atoms with E-state index in [4.69, 9.17) is 4.52 Å². The average Bonchev–Trinajstić information content (AvgIpc) is 2.90. The Balaban J connectivity index is 2.03. The van der Waals surface area contributed by atoms with E-state index in [1.165, 1.54) is 0 Å². The Morgan fingerprint density at radius 3 is 2.61 bits per heavy atom. The molecule has 0 N–H and O–H groups in total. The molecule has 0 saturated heterocycles. The van der Waals surface area contributed by atoms with Crippen molar-refractivity contribution in [1.82, 2.24) is 15.1 Å². The van der Waals surface area contributed by atoms with Crippen molar-refractivity contribution in [3.05, 3.63) is 53.1 Å². The van der Waals surface area contributed by atoms with E-state index in [2.05, 4.69) is 31.1 Å². The summed E-state index contributed by atoms with van der Waals surface area (Å²) in [5.41, 5.74) is 1.56. The summed E-state index contributed by atoms with van der Waals surface area (Å²) in [5.74, 6) is 0.962. The topological polar surface area (TPSA) is 51.8 Å². The second kappa shape index (κ2) is 4.70. The van der Waals surface area contributed by atoms with Crippen molar-refractivity contribution < 1.29 is 4.52 Å². The van der Waals surface area contributed by atoms with Gasteiger partial charge in [-0.15, -0.1) is 0 Å². The summed E-state index contributed by atoms with van der Waals surface area (Å²) in [6.07, 6.45) is 1.70. The molecule has 1 aromatic carbocycles. The van der Waals surface area contributed by atoms with Crippen LogP contribution in [0.15, 0.2) is 57.7 Å². The molecular weight excluding hydrogens is 294 g/mol. The van der Waals surface area contributed by atoms with Crippen LogP contribution in [0, 0.1) is 0 Å². The quantitative estimate of drug-likeness (QED) is 0.726. The number of nitrogens with zero attached hydrogens (tertiary/aromatic N) is 3. The molecule has 3 aromatic rings. The summed E-state index contributed by atoms with van der Waals surface area (Å²) in [6.45, 7) is 0. The van der Waals surface area contributed by atoms with Gasteiger partial charge in [-0.1, -0.05) is 23.4 Å². The molecular formula is C13H8BrN3O. The fourth-order valence-electron chi connectivity index (χ4n) is 1.57. The lowest BCUT2D eigenvalue weighted by Gasteiger charge is -1.96. The van der Waals surface area contributed by atoms with E-state index in [0.29, 0.717) is 17.4 Å². The highest BCUT2D eigenvalue weighted by Gasteiger charge is 2.12.